The number of amides is 1. The van der Waals surface area contributed by atoms with Crippen molar-refractivity contribution in [3.05, 3.63) is 86.9 Å². The summed E-state index contributed by atoms with van der Waals surface area (Å²) in [5, 5.41) is 8.57. The first-order valence-corrected chi connectivity index (χ1v) is 10.1. The maximum Gasteiger partial charge on any atom is 0.344 e. The number of nitrogens with one attached hydrogen (secondary N) is 2. The number of hydrogen-bond acceptors (Lipinski definition) is 5. The van der Waals surface area contributed by atoms with Gasteiger partial charge in [0.2, 0.25) is 0 Å². The molecule has 2 heterocycles. The molecule has 0 fully saturated rings. The molecule has 144 valence electrons. The molecular formula is C22H16N2O3S2. The van der Waals surface area contributed by atoms with Gasteiger partial charge in [0.05, 0.1) is 10.4 Å². The first-order chi connectivity index (χ1) is 14.0. The van der Waals surface area contributed by atoms with Crippen LogP contribution < -0.4 is 16.3 Å². The Labute approximate surface area is 176 Å². The predicted molar refractivity (Wildman–Crippen MR) is 121 cm³/mol. The van der Waals surface area contributed by atoms with Crippen molar-refractivity contribution < 1.29 is 9.21 Å². The number of carbonyl (C=O) groups is 1. The quantitative estimate of drug-likeness (QED) is 0.362. The summed E-state index contributed by atoms with van der Waals surface area (Å²) in [5.41, 5.74) is 2.92. The fourth-order valence-corrected chi connectivity index (χ4v) is 3.74. The third kappa shape index (κ3) is 4.11. The molecular weight excluding hydrogens is 404 g/mol. The lowest BCUT2D eigenvalue weighted by atomic mass is 10.0. The van der Waals surface area contributed by atoms with Crippen molar-refractivity contribution in [2.75, 3.05) is 5.32 Å². The molecule has 0 aliphatic carbocycles. The van der Waals surface area contributed by atoms with Gasteiger partial charge in [-0.25, -0.2) is 4.79 Å². The van der Waals surface area contributed by atoms with Gasteiger partial charge in [-0.1, -0.05) is 36.4 Å². The number of fused-ring (bicyclic) bond motifs is 1. The Bertz CT molecular complexity index is 1280. The monoisotopic (exact) mass is 420 g/mol. The van der Waals surface area contributed by atoms with Crippen molar-refractivity contribution in [1.29, 1.82) is 0 Å². The zero-order valence-corrected chi connectivity index (χ0v) is 17.0. The van der Waals surface area contributed by atoms with E-state index in [1.54, 1.807) is 18.2 Å². The Morgan fingerprint density at radius 1 is 1.07 bits per heavy atom. The number of anilines is 1. The van der Waals surface area contributed by atoms with Gasteiger partial charge < -0.3 is 9.73 Å². The van der Waals surface area contributed by atoms with E-state index in [4.69, 9.17) is 16.6 Å². The van der Waals surface area contributed by atoms with Crippen molar-refractivity contribution in [3.8, 4) is 11.1 Å². The molecule has 0 bridgehead atoms. The van der Waals surface area contributed by atoms with Crippen LogP contribution in [0.15, 0.2) is 75.3 Å². The molecule has 0 unspecified atom stereocenters. The van der Waals surface area contributed by atoms with E-state index in [1.165, 1.54) is 11.3 Å². The molecule has 5 nitrogen and oxygen atoms in total. The second kappa shape index (κ2) is 7.98. The summed E-state index contributed by atoms with van der Waals surface area (Å²) < 4.78 is 5.43. The summed E-state index contributed by atoms with van der Waals surface area (Å²) in [5.74, 6) is -0.263. The maximum absolute atomic E-state index is 12.5. The predicted octanol–water partition coefficient (Wildman–Crippen LogP) is 4.96. The highest BCUT2D eigenvalue weighted by atomic mass is 32.1. The normalized spacial score (nSPS) is 10.7. The number of hydrogen-bond donors (Lipinski definition) is 2. The molecule has 0 spiro atoms. The molecule has 0 saturated heterocycles. The molecule has 0 aliphatic rings. The van der Waals surface area contributed by atoms with Gasteiger partial charge in [0.25, 0.3) is 5.91 Å². The van der Waals surface area contributed by atoms with E-state index in [1.807, 2.05) is 54.8 Å². The Hall–Kier alpha value is -3.29. The molecule has 29 heavy (non-hydrogen) atoms. The largest absolute Gasteiger partial charge is 0.422 e. The van der Waals surface area contributed by atoms with Crippen molar-refractivity contribution >= 4 is 51.2 Å². The number of carbonyl (C=O) groups excluding carboxylic acids is 1. The first-order valence-electron chi connectivity index (χ1n) is 8.81. The van der Waals surface area contributed by atoms with E-state index in [0.29, 0.717) is 27.3 Å². The number of rotatable bonds is 3. The molecule has 7 heteroatoms. The zero-order valence-electron chi connectivity index (χ0n) is 15.4. The van der Waals surface area contributed by atoms with E-state index in [-0.39, 0.29) is 11.0 Å². The van der Waals surface area contributed by atoms with Crippen LogP contribution in [0.5, 0.6) is 0 Å². The average Bonchev–Trinajstić information content (AvgIpc) is 3.24. The standard InChI is InChI=1S/C22H16N2O3S2/c1-13-8-9-14(16-11-15-5-2-3-6-18(15)27-21(16)26)12-17(13)23-22(28)24-20(25)19-7-4-10-29-19/h2-12H,1H3,(H2,23,24,25,28). The number of thiocarbonyl (C=S) groups is 1. The van der Waals surface area contributed by atoms with Gasteiger partial charge in [0.1, 0.15) is 5.58 Å². The number of para-hydroxylation sites is 1. The van der Waals surface area contributed by atoms with Gasteiger partial charge in [-0.3, -0.25) is 10.1 Å². The molecule has 0 saturated carbocycles. The van der Waals surface area contributed by atoms with Crippen molar-refractivity contribution in [2.24, 2.45) is 0 Å². The first kappa shape index (κ1) is 19.0. The van der Waals surface area contributed by atoms with Gasteiger partial charge >= 0.3 is 5.63 Å². The van der Waals surface area contributed by atoms with E-state index >= 15 is 0 Å². The lowest BCUT2D eigenvalue weighted by Gasteiger charge is -2.13. The van der Waals surface area contributed by atoms with Crippen LogP contribution in [0.1, 0.15) is 15.2 Å². The van der Waals surface area contributed by atoms with Crippen molar-refractivity contribution in [3.63, 3.8) is 0 Å². The topological polar surface area (TPSA) is 71.3 Å². The number of thiophene rings is 1. The number of aryl methyl sites for hydroxylation is 1. The van der Waals surface area contributed by atoms with Gasteiger partial charge in [-0.2, -0.15) is 0 Å². The van der Waals surface area contributed by atoms with E-state index < -0.39 is 5.63 Å². The van der Waals surface area contributed by atoms with Crippen LogP contribution in [0, 0.1) is 6.92 Å². The third-order valence-corrected chi connectivity index (χ3v) is 5.48. The van der Waals surface area contributed by atoms with Gasteiger partial charge in [-0.15, -0.1) is 11.3 Å². The summed E-state index contributed by atoms with van der Waals surface area (Å²) in [6.45, 7) is 1.92. The Balaban J connectivity index is 1.61. The second-order valence-corrected chi connectivity index (χ2v) is 7.76. The molecule has 4 aromatic rings. The highest BCUT2D eigenvalue weighted by Gasteiger charge is 2.12. The highest BCUT2D eigenvalue weighted by molar-refractivity contribution is 7.80. The fraction of sp³-hybridized carbons (Fsp3) is 0.0455. The Morgan fingerprint density at radius 3 is 2.69 bits per heavy atom. The van der Waals surface area contributed by atoms with Crippen LogP contribution in [0.2, 0.25) is 0 Å². The Kier molecular flexibility index (Phi) is 5.24. The molecule has 0 aliphatic heterocycles. The fourth-order valence-electron chi connectivity index (χ4n) is 2.91. The Morgan fingerprint density at radius 2 is 1.90 bits per heavy atom. The molecule has 0 radical (unpaired) electrons. The van der Waals surface area contributed by atoms with Gasteiger partial charge in [0, 0.05) is 11.1 Å². The summed E-state index contributed by atoms with van der Waals surface area (Å²) in [6.07, 6.45) is 0. The second-order valence-electron chi connectivity index (χ2n) is 6.40. The van der Waals surface area contributed by atoms with Crippen LogP contribution in [0.25, 0.3) is 22.1 Å². The SMILES string of the molecule is Cc1ccc(-c2cc3ccccc3oc2=O)cc1NC(=S)NC(=O)c1cccs1. The summed E-state index contributed by atoms with van der Waals surface area (Å²) in [7, 11) is 0. The maximum atomic E-state index is 12.5. The molecule has 0 atom stereocenters. The van der Waals surface area contributed by atoms with Crippen LogP contribution in [0.4, 0.5) is 5.69 Å². The minimum absolute atomic E-state index is 0.189. The summed E-state index contributed by atoms with van der Waals surface area (Å²) in [4.78, 5) is 25.2. The minimum Gasteiger partial charge on any atom is -0.422 e. The molecule has 2 aromatic carbocycles. The van der Waals surface area contributed by atoms with Crippen LogP contribution >= 0.6 is 23.6 Å². The smallest absolute Gasteiger partial charge is 0.344 e. The minimum atomic E-state index is -0.410. The molecule has 2 N–H and O–H groups in total. The van der Waals surface area contributed by atoms with E-state index in [0.717, 1.165) is 10.9 Å². The van der Waals surface area contributed by atoms with Crippen molar-refractivity contribution in [2.45, 2.75) is 6.92 Å². The lowest BCUT2D eigenvalue weighted by Crippen LogP contribution is -2.33. The zero-order chi connectivity index (χ0) is 20.4. The van der Waals surface area contributed by atoms with E-state index in [9.17, 15) is 9.59 Å². The summed E-state index contributed by atoms with van der Waals surface area (Å²) in [6, 6.07) is 18.3. The average molecular weight is 421 g/mol. The molecule has 1 amide bonds. The highest BCUT2D eigenvalue weighted by Crippen LogP contribution is 2.26. The lowest BCUT2D eigenvalue weighted by molar-refractivity contribution is 0.0981. The van der Waals surface area contributed by atoms with Gasteiger partial charge in [0.15, 0.2) is 5.11 Å². The van der Waals surface area contributed by atoms with Crippen LogP contribution in [-0.4, -0.2) is 11.0 Å². The van der Waals surface area contributed by atoms with Crippen molar-refractivity contribution in [1.82, 2.24) is 5.32 Å². The molecule has 2 aromatic heterocycles. The summed E-state index contributed by atoms with van der Waals surface area (Å²) >= 11 is 6.62. The van der Waals surface area contributed by atoms with E-state index in [2.05, 4.69) is 10.6 Å². The number of benzene rings is 2. The van der Waals surface area contributed by atoms with Gasteiger partial charge in [-0.05, 0) is 59.9 Å². The van der Waals surface area contributed by atoms with Crippen LogP contribution in [-0.2, 0) is 0 Å². The molecule has 4 rings (SSSR count). The third-order valence-electron chi connectivity index (χ3n) is 4.41. The van der Waals surface area contributed by atoms with Crippen LogP contribution in [0.3, 0.4) is 0 Å².